The highest BCUT2D eigenvalue weighted by atomic mass is 32.2. The Kier molecular flexibility index (Phi) is 4.43. The first-order valence-electron chi connectivity index (χ1n) is 7.90. The number of aromatic nitrogens is 2. The van der Waals surface area contributed by atoms with E-state index >= 15 is 0 Å². The van der Waals surface area contributed by atoms with Crippen molar-refractivity contribution in [3.05, 3.63) is 59.9 Å². The van der Waals surface area contributed by atoms with Crippen LogP contribution in [0.4, 0.5) is 0 Å². The molecule has 3 aromatic rings. The van der Waals surface area contributed by atoms with E-state index in [-0.39, 0.29) is 6.54 Å². The lowest BCUT2D eigenvalue weighted by Crippen LogP contribution is -2.28. The van der Waals surface area contributed by atoms with Crippen molar-refractivity contribution >= 4 is 21.1 Å². The van der Waals surface area contributed by atoms with E-state index in [0.717, 1.165) is 29.0 Å². The van der Waals surface area contributed by atoms with Gasteiger partial charge in [-0.15, -0.1) is 0 Å². The summed E-state index contributed by atoms with van der Waals surface area (Å²) in [5.41, 5.74) is 2.94. The van der Waals surface area contributed by atoms with E-state index in [1.165, 1.54) is 4.31 Å². The SMILES string of the molecule is CCn1c(CN(C)S(=O)(=O)c2ccc(C)cc2)nc2ccccc21. The van der Waals surface area contributed by atoms with E-state index in [1.807, 2.05) is 50.2 Å². The first kappa shape index (κ1) is 16.7. The molecule has 1 aromatic heterocycles. The van der Waals surface area contributed by atoms with Gasteiger partial charge in [0, 0.05) is 13.6 Å². The van der Waals surface area contributed by atoms with Crippen LogP contribution in [-0.4, -0.2) is 29.3 Å². The molecule has 0 aliphatic carbocycles. The number of rotatable bonds is 5. The van der Waals surface area contributed by atoms with Gasteiger partial charge in [0.25, 0.3) is 0 Å². The number of imidazole rings is 1. The van der Waals surface area contributed by atoms with Crippen LogP contribution in [0.2, 0.25) is 0 Å². The number of fused-ring (bicyclic) bond motifs is 1. The molecule has 3 rings (SSSR count). The molecule has 0 spiro atoms. The predicted molar refractivity (Wildman–Crippen MR) is 95.2 cm³/mol. The normalized spacial score (nSPS) is 12.2. The van der Waals surface area contributed by atoms with Gasteiger partial charge in [0.05, 0.1) is 22.5 Å². The van der Waals surface area contributed by atoms with Crippen LogP contribution in [0.1, 0.15) is 18.3 Å². The maximum Gasteiger partial charge on any atom is 0.243 e. The van der Waals surface area contributed by atoms with Crippen molar-refractivity contribution in [2.24, 2.45) is 0 Å². The topological polar surface area (TPSA) is 55.2 Å². The molecular weight excluding hydrogens is 322 g/mol. The molecule has 5 nitrogen and oxygen atoms in total. The third-order valence-electron chi connectivity index (χ3n) is 4.14. The molecule has 0 bridgehead atoms. The number of hydrogen-bond donors (Lipinski definition) is 0. The first-order chi connectivity index (χ1) is 11.4. The lowest BCUT2D eigenvalue weighted by Gasteiger charge is -2.17. The molecule has 0 aliphatic rings. The second-order valence-electron chi connectivity index (χ2n) is 5.84. The van der Waals surface area contributed by atoms with Crippen molar-refractivity contribution in [2.75, 3.05) is 7.05 Å². The number of nitrogens with zero attached hydrogens (tertiary/aromatic N) is 3. The Labute approximate surface area is 142 Å². The number of benzene rings is 2. The van der Waals surface area contributed by atoms with Crippen LogP contribution in [0.3, 0.4) is 0 Å². The zero-order valence-electron chi connectivity index (χ0n) is 14.1. The highest BCUT2D eigenvalue weighted by Gasteiger charge is 2.23. The van der Waals surface area contributed by atoms with Gasteiger partial charge < -0.3 is 4.57 Å². The third kappa shape index (κ3) is 2.95. The summed E-state index contributed by atoms with van der Waals surface area (Å²) in [7, 11) is -1.94. The van der Waals surface area contributed by atoms with Gasteiger partial charge in [-0.1, -0.05) is 29.8 Å². The third-order valence-corrected chi connectivity index (χ3v) is 5.96. The zero-order chi connectivity index (χ0) is 17.3. The Morgan fingerprint density at radius 3 is 2.42 bits per heavy atom. The zero-order valence-corrected chi connectivity index (χ0v) is 14.9. The molecule has 1 heterocycles. The van der Waals surface area contributed by atoms with Gasteiger partial charge >= 0.3 is 0 Å². The minimum atomic E-state index is -3.54. The number of hydrogen-bond acceptors (Lipinski definition) is 3. The lowest BCUT2D eigenvalue weighted by atomic mass is 10.2. The van der Waals surface area contributed by atoms with E-state index < -0.39 is 10.0 Å². The summed E-state index contributed by atoms with van der Waals surface area (Å²) in [6.45, 7) is 4.95. The average molecular weight is 343 g/mol. The fourth-order valence-electron chi connectivity index (χ4n) is 2.77. The van der Waals surface area contributed by atoms with E-state index in [2.05, 4.69) is 9.55 Å². The predicted octanol–water partition coefficient (Wildman–Crippen LogP) is 3.19. The van der Waals surface area contributed by atoms with Crippen LogP contribution in [0.15, 0.2) is 53.4 Å². The van der Waals surface area contributed by atoms with Gasteiger partial charge in [-0.05, 0) is 38.1 Å². The molecule has 0 saturated heterocycles. The Balaban J connectivity index is 1.94. The van der Waals surface area contributed by atoms with E-state index in [4.69, 9.17) is 0 Å². The standard InChI is InChI=1S/C18H21N3O2S/c1-4-21-17-8-6-5-7-16(17)19-18(21)13-20(3)24(22,23)15-11-9-14(2)10-12-15/h5-12H,4,13H2,1-3H3. The van der Waals surface area contributed by atoms with Crippen molar-refractivity contribution < 1.29 is 8.42 Å². The van der Waals surface area contributed by atoms with Crippen LogP contribution in [0.5, 0.6) is 0 Å². The van der Waals surface area contributed by atoms with E-state index in [9.17, 15) is 8.42 Å². The molecule has 0 atom stereocenters. The maximum absolute atomic E-state index is 12.8. The van der Waals surface area contributed by atoms with Crippen LogP contribution < -0.4 is 0 Å². The van der Waals surface area contributed by atoms with Gasteiger partial charge in [-0.25, -0.2) is 13.4 Å². The van der Waals surface area contributed by atoms with Gasteiger partial charge in [0.1, 0.15) is 5.82 Å². The highest BCUT2D eigenvalue weighted by Crippen LogP contribution is 2.20. The summed E-state index contributed by atoms with van der Waals surface area (Å²) in [6.07, 6.45) is 0. The minimum absolute atomic E-state index is 0.235. The Morgan fingerprint density at radius 2 is 1.75 bits per heavy atom. The second kappa shape index (κ2) is 6.37. The molecule has 0 amide bonds. The van der Waals surface area contributed by atoms with Crippen molar-refractivity contribution in [2.45, 2.75) is 31.8 Å². The quantitative estimate of drug-likeness (QED) is 0.715. The van der Waals surface area contributed by atoms with Crippen molar-refractivity contribution in [1.29, 1.82) is 0 Å². The van der Waals surface area contributed by atoms with Gasteiger partial charge in [-0.3, -0.25) is 0 Å². The van der Waals surface area contributed by atoms with Crippen molar-refractivity contribution in [3.63, 3.8) is 0 Å². The van der Waals surface area contributed by atoms with Gasteiger partial charge in [0.2, 0.25) is 10.0 Å². The molecule has 2 aromatic carbocycles. The number of sulfonamides is 1. The molecular formula is C18H21N3O2S. The summed E-state index contributed by atoms with van der Waals surface area (Å²) in [5.74, 6) is 0.747. The summed E-state index contributed by atoms with van der Waals surface area (Å²) >= 11 is 0. The minimum Gasteiger partial charge on any atom is -0.327 e. The molecule has 0 aliphatic heterocycles. The van der Waals surface area contributed by atoms with Crippen LogP contribution in [0.25, 0.3) is 11.0 Å². The van der Waals surface area contributed by atoms with Crippen molar-refractivity contribution in [1.82, 2.24) is 13.9 Å². The fraction of sp³-hybridized carbons (Fsp3) is 0.278. The first-order valence-corrected chi connectivity index (χ1v) is 9.34. The van der Waals surface area contributed by atoms with Crippen molar-refractivity contribution in [3.8, 4) is 0 Å². The maximum atomic E-state index is 12.8. The van der Waals surface area contributed by atoms with Gasteiger partial charge in [-0.2, -0.15) is 4.31 Å². The Morgan fingerprint density at radius 1 is 1.08 bits per heavy atom. The Bertz CT molecular complexity index is 960. The summed E-state index contributed by atoms with van der Waals surface area (Å²) in [6, 6.07) is 14.7. The smallest absolute Gasteiger partial charge is 0.243 e. The van der Waals surface area contributed by atoms with Gasteiger partial charge in [0.15, 0.2) is 0 Å². The molecule has 126 valence electrons. The molecule has 0 radical (unpaired) electrons. The van der Waals surface area contributed by atoms with E-state index in [0.29, 0.717) is 4.90 Å². The average Bonchev–Trinajstić information content (AvgIpc) is 2.92. The monoisotopic (exact) mass is 343 g/mol. The summed E-state index contributed by atoms with van der Waals surface area (Å²) in [4.78, 5) is 4.90. The fourth-order valence-corrected chi connectivity index (χ4v) is 3.90. The van der Waals surface area contributed by atoms with Crippen LogP contribution >= 0.6 is 0 Å². The van der Waals surface area contributed by atoms with Crippen LogP contribution in [0, 0.1) is 6.92 Å². The number of para-hydroxylation sites is 2. The largest absolute Gasteiger partial charge is 0.327 e. The lowest BCUT2D eigenvalue weighted by molar-refractivity contribution is 0.449. The second-order valence-corrected chi connectivity index (χ2v) is 7.88. The number of aryl methyl sites for hydroxylation is 2. The molecule has 6 heteroatoms. The summed E-state index contributed by atoms with van der Waals surface area (Å²) in [5, 5.41) is 0. The summed E-state index contributed by atoms with van der Waals surface area (Å²) < 4.78 is 28.9. The van der Waals surface area contributed by atoms with E-state index in [1.54, 1.807) is 19.2 Å². The molecule has 0 fully saturated rings. The molecule has 24 heavy (non-hydrogen) atoms. The molecule has 0 saturated carbocycles. The molecule has 0 unspecified atom stereocenters. The Hall–Kier alpha value is -2.18. The molecule has 0 N–H and O–H groups in total. The highest BCUT2D eigenvalue weighted by molar-refractivity contribution is 7.89. The van der Waals surface area contributed by atoms with Crippen LogP contribution in [-0.2, 0) is 23.1 Å².